The number of carbonyl (C=O) groups is 1. The van der Waals surface area contributed by atoms with E-state index in [1.54, 1.807) is 18.4 Å². The molecule has 1 aromatic carbocycles. The Bertz CT molecular complexity index is 1000. The molecule has 5 nitrogen and oxygen atoms in total. The summed E-state index contributed by atoms with van der Waals surface area (Å²) in [5, 5.41) is 11.3. The molecule has 1 aliphatic heterocycles. The van der Waals surface area contributed by atoms with Gasteiger partial charge in [-0.15, -0.1) is 11.3 Å². The maximum atomic E-state index is 12.9. The molecule has 0 bridgehead atoms. The van der Waals surface area contributed by atoms with Gasteiger partial charge in [-0.05, 0) is 89.0 Å². The summed E-state index contributed by atoms with van der Waals surface area (Å²) in [5.74, 6) is 0.529. The first-order chi connectivity index (χ1) is 12.8. The van der Waals surface area contributed by atoms with Crippen LogP contribution in [0.1, 0.15) is 30.2 Å². The lowest BCUT2D eigenvalue weighted by Gasteiger charge is -2.40. The van der Waals surface area contributed by atoms with Crippen molar-refractivity contribution in [1.82, 2.24) is 4.90 Å². The second-order valence-corrected chi connectivity index (χ2v) is 9.53. The minimum absolute atomic E-state index is 0.0588. The molecule has 1 aliphatic carbocycles. The van der Waals surface area contributed by atoms with Gasteiger partial charge in [-0.3, -0.25) is 9.69 Å². The van der Waals surface area contributed by atoms with Gasteiger partial charge in [-0.2, -0.15) is 5.26 Å². The van der Waals surface area contributed by atoms with Gasteiger partial charge in [0.2, 0.25) is 5.91 Å². The summed E-state index contributed by atoms with van der Waals surface area (Å²) in [6.45, 7) is 2.03. The van der Waals surface area contributed by atoms with E-state index < -0.39 is 5.54 Å². The second kappa shape index (κ2) is 6.60. The van der Waals surface area contributed by atoms with Crippen molar-refractivity contribution in [3.05, 3.63) is 43.7 Å². The van der Waals surface area contributed by atoms with Gasteiger partial charge in [0.15, 0.2) is 5.96 Å². The summed E-state index contributed by atoms with van der Waals surface area (Å²) >= 11 is 3.83. The lowest BCUT2D eigenvalue weighted by Crippen LogP contribution is -2.54. The molecule has 1 saturated carbocycles. The van der Waals surface area contributed by atoms with Crippen LogP contribution in [0.5, 0.6) is 0 Å². The number of hydrogen-bond donors (Lipinski definition) is 1. The maximum Gasteiger partial charge on any atom is 0.235 e. The number of amides is 1. The molecule has 1 amide bonds. The van der Waals surface area contributed by atoms with Crippen LogP contribution in [0.4, 0.5) is 0 Å². The molecule has 0 saturated heterocycles. The monoisotopic (exact) mass is 490 g/mol. The van der Waals surface area contributed by atoms with Crippen LogP contribution in [-0.4, -0.2) is 23.8 Å². The van der Waals surface area contributed by atoms with E-state index >= 15 is 0 Å². The zero-order valence-electron chi connectivity index (χ0n) is 15.1. The lowest BCUT2D eigenvalue weighted by atomic mass is 9.79. The molecule has 2 atom stereocenters. The highest BCUT2D eigenvalue weighted by Gasteiger charge is 2.53. The molecule has 1 fully saturated rings. The molecule has 4 rings (SSSR count). The highest BCUT2D eigenvalue weighted by Crippen LogP contribution is 2.51. The Morgan fingerprint density at radius 1 is 1.33 bits per heavy atom. The predicted octanol–water partition coefficient (Wildman–Crippen LogP) is 3.92. The first kappa shape index (κ1) is 18.4. The number of hydrogen-bond acceptors (Lipinski definition) is 5. The van der Waals surface area contributed by atoms with Crippen molar-refractivity contribution in [3.63, 3.8) is 0 Å². The number of nitrogens with two attached hydrogens (primary N) is 1. The Morgan fingerprint density at radius 3 is 2.74 bits per heavy atom. The quantitative estimate of drug-likeness (QED) is 0.663. The van der Waals surface area contributed by atoms with Crippen molar-refractivity contribution in [2.45, 2.75) is 25.3 Å². The summed E-state index contributed by atoms with van der Waals surface area (Å²) in [4.78, 5) is 20.2. The van der Waals surface area contributed by atoms with E-state index in [4.69, 9.17) is 10.7 Å². The summed E-state index contributed by atoms with van der Waals surface area (Å²) in [6, 6.07) is 10.1. The number of aliphatic imine (C=N–C) groups is 1. The minimum Gasteiger partial charge on any atom is -0.369 e. The number of benzene rings is 1. The molecule has 138 valence electrons. The molecule has 0 unspecified atom stereocenters. The van der Waals surface area contributed by atoms with Crippen LogP contribution in [0.3, 0.4) is 0 Å². The smallest absolute Gasteiger partial charge is 0.235 e. The van der Waals surface area contributed by atoms with E-state index in [0.29, 0.717) is 11.5 Å². The molecule has 2 N–H and O–H groups in total. The Kier molecular flexibility index (Phi) is 4.51. The molecular weight excluding hydrogens is 471 g/mol. The number of rotatable bonds is 3. The molecule has 0 radical (unpaired) electrons. The lowest BCUT2D eigenvalue weighted by molar-refractivity contribution is -0.134. The van der Waals surface area contributed by atoms with Gasteiger partial charge in [0.05, 0.1) is 17.6 Å². The second-order valence-electron chi connectivity index (χ2n) is 7.37. The van der Waals surface area contributed by atoms with Crippen molar-refractivity contribution in [1.29, 1.82) is 5.26 Å². The van der Waals surface area contributed by atoms with Gasteiger partial charge in [-0.1, -0.05) is 0 Å². The zero-order chi connectivity index (χ0) is 19.3. The van der Waals surface area contributed by atoms with Crippen molar-refractivity contribution in [2.24, 2.45) is 22.6 Å². The molecule has 0 spiro atoms. The topological polar surface area (TPSA) is 82.5 Å². The van der Waals surface area contributed by atoms with E-state index in [0.717, 1.165) is 32.4 Å². The molecule has 2 aliphatic rings. The summed E-state index contributed by atoms with van der Waals surface area (Å²) in [7, 11) is 1.70. The third-order valence-electron chi connectivity index (χ3n) is 5.44. The first-order valence-electron chi connectivity index (χ1n) is 8.76. The van der Waals surface area contributed by atoms with E-state index in [9.17, 15) is 10.1 Å². The molecule has 2 aromatic rings. The molecule has 1 aromatic heterocycles. The number of thiophene rings is 1. The predicted molar refractivity (Wildman–Crippen MR) is 115 cm³/mol. The van der Waals surface area contributed by atoms with E-state index in [1.807, 2.05) is 19.1 Å². The fourth-order valence-corrected chi connectivity index (χ4v) is 5.55. The van der Waals surface area contributed by atoms with Gasteiger partial charge in [0.25, 0.3) is 0 Å². The van der Waals surface area contributed by atoms with Crippen LogP contribution >= 0.6 is 33.9 Å². The Balaban J connectivity index is 1.79. The number of nitriles is 1. The van der Waals surface area contributed by atoms with Crippen molar-refractivity contribution in [3.8, 4) is 17.2 Å². The highest BCUT2D eigenvalue weighted by molar-refractivity contribution is 14.1. The van der Waals surface area contributed by atoms with Gasteiger partial charge < -0.3 is 5.73 Å². The maximum absolute atomic E-state index is 12.9. The normalized spacial score (nSPS) is 25.3. The van der Waals surface area contributed by atoms with Crippen LogP contribution in [0.15, 0.2) is 34.6 Å². The van der Waals surface area contributed by atoms with E-state index in [-0.39, 0.29) is 17.8 Å². The number of halogens is 1. The molecule has 27 heavy (non-hydrogen) atoms. The average molecular weight is 490 g/mol. The number of guanidine groups is 1. The zero-order valence-corrected chi connectivity index (χ0v) is 18.0. The van der Waals surface area contributed by atoms with Gasteiger partial charge in [-0.25, -0.2) is 4.99 Å². The van der Waals surface area contributed by atoms with Gasteiger partial charge in [0.1, 0.15) is 5.54 Å². The Labute approximate surface area is 176 Å². The average Bonchev–Trinajstić information content (AvgIpc) is 3.32. The fraction of sp³-hybridized carbons (Fsp3) is 0.350. The number of carbonyl (C=O) groups excluding carboxylic acids is 1. The number of nitrogens with zero attached hydrogens (tertiary/aromatic N) is 3. The third kappa shape index (κ3) is 3.15. The van der Waals surface area contributed by atoms with Crippen LogP contribution < -0.4 is 5.73 Å². The summed E-state index contributed by atoms with van der Waals surface area (Å²) in [5.41, 5.74) is 8.11. The van der Waals surface area contributed by atoms with E-state index in [1.165, 1.54) is 4.90 Å². The van der Waals surface area contributed by atoms with Crippen LogP contribution in [0, 0.1) is 26.7 Å². The highest BCUT2D eigenvalue weighted by atomic mass is 127. The van der Waals surface area contributed by atoms with Crippen LogP contribution in [0.2, 0.25) is 0 Å². The van der Waals surface area contributed by atoms with Crippen molar-refractivity contribution >= 4 is 45.8 Å². The minimum atomic E-state index is -0.641. The SMILES string of the molecule is CN1C(=O)[C@H](C2CC2)[C@@](C)(c2cc(-c3cc(I)cc(C#N)c3)cs2)N=C1N. The van der Waals surface area contributed by atoms with E-state index in [2.05, 4.69) is 46.2 Å². The Morgan fingerprint density at radius 2 is 2.07 bits per heavy atom. The first-order valence-corrected chi connectivity index (χ1v) is 10.7. The van der Waals surface area contributed by atoms with Crippen LogP contribution in [0.25, 0.3) is 11.1 Å². The van der Waals surface area contributed by atoms with Crippen LogP contribution in [-0.2, 0) is 10.3 Å². The van der Waals surface area contributed by atoms with Crippen molar-refractivity contribution < 1.29 is 4.79 Å². The molecular formula is C20H19IN4OS. The van der Waals surface area contributed by atoms with Gasteiger partial charge in [0, 0.05) is 15.5 Å². The molecule has 7 heteroatoms. The largest absolute Gasteiger partial charge is 0.369 e. The Hall–Kier alpha value is -1.92. The third-order valence-corrected chi connectivity index (χ3v) is 7.22. The fourth-order valence-electron chi connectivity index (χ4n) is 3.82. The standard InChI is InChI=1S/C20H19IN4OS/c1-20(17(12-3-4-12)18(26)25(2)19(23)24-20)16-8-14(10-27-16)13-5-11(9-22)6-15(21)7-13/h5-8,10,12,17H,3-4H2,1-2H3,(H2,23,24)/t17-,20+/m0/s1. The van der Waals surface area contributed by atoms with Crippen molar-refractivity contribution in [2.75, 3.05) is 7.05 Å². The van der Waals surface area contributed by atoms with Gasteiger partial charge >= 0.3 is 0 Å². The summed E-state index contributed by atoms with van der Waals surface area (Å²) < 4.78 is 1.02. The molecule has 2 heterocycles. The summed E-state index contributed by atoms with van der Waals surface area (Å²) in [6.07, 6.45) is 2.13.